The van der Waals surface area contributed by atoms with Gasteiger partial charge in [-0.3, -0.25) is 29.4 Å². The first-order valence-corrected chi connectivity index (χ1v) is 14.4. The number of fused-ring (bicyclic) bond motifs is 1. The SMILES string of the molecule is CC1CN(C(c2ccccc2)c2ccccc2)CC(C)N1C(=O)c1cc2c(cc1F)C(=O)N(C1CCC(=O)NC1=O)C2. The van der Waals surface area contributed by atoms with Gasteiger partial charge in [0.1, 0.15) is 11.9 Å². The molecule has 3 heterocycles. The van der Waals surface area contributed by atoms with Crippen molar-refractivity contribution in [3.8, 4) is 0 Å². The van der Waals surface area contributed by atoms with Crippen molar-refractivity contribution < 1.29 is 23.6 Å². The quantitative estimate of drug-likeness (QED) is 0.472. The zero-order valence-electron chi connectivity index (χ0n) is 23.6. The molecule has 3 aromatic rings. The monoisotopic (exact) mass is 568 g/mol. The van der Waals surface area contributed by atoms with Crippen LogP contribution in [-0.2, 0) is 16.1 Å². The first-order chi connectivity index (χ1) is 20.2. The molecule has 0 radical (unpaired) electrons. The number of amides is 4. The Hall–Kier alpha value is -4.37. The maximum Gasteiger partial charge on any atom is 0.257 e. The van der Waals surface area contributed by atoms with Crippen LogP contribution in [0.15, 0.2) is 72.8 Å². The van der Waals surface area contributed by atoms with E-state index in [-0.39, 0.29) is 54.5 Å². The van der Waals surface area contributed by atoms with Crippen molar-refractivity contribution in [2.75, 3.05) is 13.1 Å². The molecule has 0 aliphatic carbocycles. The predicted molar refractivity (Wildman–Crippen MR) is 154 cm³/mol. The van der Waals surface area contributed by atoms with E-state index < -0.39 is 29.6 Å². The van der Waals surface area contributed by atoms with E-state index in [9.17, 15) is 19.2 Å². The van der Waals surface area contributed by atoms with Crippen LogP contribution >= 0.6 is 0 Å². The molecule has 2 saturated heterocycles. The predicted octanol–water partition coefficient (Wildman–Crippen LogP) is 3.91. The Morgan fingerprint density at radius 3 is 2.07 bits per heavy atom. The van der Waals surface area contributed by atoms with Gasteiger partial charge in [0.2, 0.25) is 11.8 Å². The number of hydrogen-bond donors (Lipinski definition) is 1. The zero-order valence-corrected chi connectivity index (χ0v) is 23.6. The van der Waals surface area contributed by atoms with Crippen LogP contribution in [0.2, 0.25) is 0 Å². The average molecular weight is 569 g/mol. The highest BCUT2D eigenvalue weighted by molar-refractivity contribution is 6.06. The van der Waals surface area contributed by atoms with Gasteiger partial charge in [0.05, 0.1) is 11.6 Å². The Labute approximate surface area is 244 Å². The van der Waals surface area contributed by atoms with Gasteiger partial charge in [-0.05, 0) is 49.1 Å². The van der Waals surface area contributed by atoms with Gasteiger partial charge >= 0.3 is 0 Å². The van der Waals surface area contributed by atoms with E-state index in [0.717, 1.165) is 17.2 Å². The maximum absolute atomic E-state index is 15.5. The molecule has 9 heteroatoms. The standard InChI is InChI=1S/C33H33FN4O4/c1-20-17-36(30(22-9-5-3-6-10-22)23-11-7-4-8-12-23)18-21(2)38(20)33(42)26-15-24-19-37(32(41)25(24)16-27(26)34)28-13-14-29(39)35-31(28)40/h3-12,15-16,20-21,28,30H,13-14,17-19H2,1-2H3,(H,35,39,40). The highest BCUT2D eigenvalue weighted by atomic mass is 19.1. The largest absolute Gasteiger partial charge is 0.331 e. The lowest BCUT2D eigenvalue weighted by Gasteiger charge is -2.47. The second-order valence-corrected chi connectivity index (χ2v) is 11.5. The molecular weight excluding hydrogens is 535 g/mol. The molecule has 216 valence electrons. The van der Waals surface area contributed by atoms with E-state index >= 15 is 4.39 Å². The summed E-state index contributed by atoms with van der Waals surface area (Å²) in [6.45, 7) is 5.23. The van der Waals surface area contributed by atoms with Crippen molar-refractivity contribution >= 4 is 23.6 Å². The smallest absolute Gasteiger partial charge is 0.257 e. The molecule has 0 bridgehead atoms. The van der Waals surface area contributed by atoms with Gasteiger partial charge < -0.3 is 9.80 Å². The summed E-state index contributed by atoms with van der Waals surface area (Å²) >= 11 is 0. The van der Waals surface area contributed by atoms with Crippen LogP contribution < -0.4 is 5.32 Å². The summed E-state index contributed by atoms with van der Waals surface area (Å²) in [5.74, 6) is -2.56. The van der Waals surface area contributed by atoms with Crippen LogP contribution in [0.1, 0.15) is 70.1 Å². The number of piperidine rings is 1. The third kappa shape index (κ3) is 4.98. The number of carbonyl (C=O) groups excluding carboxylic acids is 4. The second-order valence-electron chi connectivity index (χ2n) is 11.5. The molecule has 0 saturated carbocycles. The minimum Gasteiger partial charge on any atom is -0.331 e. The Bertz CT molecular complexity index is 1490. The fraction of sp³-hybridized carbons (Fsp3) is 0.333. The first-order valence-electron chi connectivity index (χ1n) is 14.4. The molecule has 4 amide bonds. The zero-order chi connectivity index (χ0) is 29.5. The minimum absolute atomic E-state index is 0.00978. The lowest BCUT2D eigenvalue weighted by molar-refractivity contribution is -0.136. The minimum atomic E-state index is -0.805. The van der Waals surface area contributed by atoms with E-state index in [0.29, 0.717) is 18.7 Å². The number of piperazine rings is 1. The second kappa shape index (κ2) is 11.1. The van der Waals surface area contributed by atoms with Crippen LogP contribution in [0.4, 0.5) is 4.39 Å². The van der Waals surface area contributed by atoms with Crippen molar-refractivity contribution in [1.82, 2.24) is 20.0 Å². The summed E-state index contributed by atoms with van der Waals surface area (Å²) in [5.41, 5.74) is 2.90. The molecule has 3 aromatic carbocycles. The van der Waals surface area contributed by atoms with E-state index in [1.165, 1.54) is 11.0 Å². The number of halogens is 1. The molecular formula is C33H33FN4O4. The fourth-order valence-corrected chi connectivity index (χ4v) is 6.75. The molecule has 0 aromatic heterocycles. The maximum atomic E-state index is 15.5. The molecule has 3 aliphatic rings. The Balaban J connectivity index is 1.23. The number of hydrogen-bond acceptors (Lipinski definition) is 5. The molecule has 8 nitrogen and oxygen atoms in total. The van der Waals surface area contributed by atoms with Gasteiger partial charge in [-0.15, -0.1) is 0 Å². The van der Waals surface area contributed by atoms with E-state index in [4.69, 9.17) is 0 Å². The van der Waals surface area contributed by atoms with Gasteiger partial charge in [-0.2, -0.15) is 0 Å². The van der Waals surface area contributed by atoms with Crippen molar-refractivity contribution in [2.24, 2.45) is 0 Å². The van der Waals surface area contributed by atoms with Crippen molar-refractivity contribution in [3.63, 3.8) is 0 Å². The fourth-order valence-electron chi connectivity index (χ4n) is 6.75. The van der Waals surface area contributed by atoms with Crippen molar-refractivity contribution in [3.05, 3.63) is 106 Å². The molecule has 3 unspecified atom stereocenters. The molecule has 3 aliphatic heterocycles. The molecule has 0 spiro atoms. The molecule has 3 atom stereocenters. The Morgan fingerprint density at radius 1 is 0.905 bits per heavy atom. The average Bonchev–Trinajstić information content (AvgIpc) is 3.28. The summed E-state index contributed by atoms with van der Waals surface area (Å²) in [7, 11) is 0. The van der Waals surface area contributed by atoms with Crippen LogP contribution in [0.5, 0.6) is 0 Å². The lowest BCUT2D eigenvalue weighted by Crippen LogP contribution is -2.59. The number of carbonyl (C=O) groups is 4. The number of rotatable bonds is 5. The van der Waals surface area contributed by atoms with Crippen LogP contribution in [0, 0.1) is 5.82 Å². The normalized spacial score (nSPS) is 22.9. The molecule has 42 heavy (non-hydrogen) atoms. The van der Waals surface area contributed by atoms with Crippen molar-refractivity contribution in [2.45, 2.75) is 57.4 Å². The van der Waals surface area contributed by atoms with Gasteiger partial charge in [0.15, 0.2) is 0 Å². The molecule has 2 fully saturated rings. The van der Waals surface area contributed by atoms with Crippen LogP contribution in [0.3, 0.4) is 0 Å². The summed E-state index contributed by atoms with van der Waals surface area (Å²) in [6, 6.07) is 21.9. The third-order valence-corrected chi connectivity index (χ3v) is 8.62. The highest BCUT2D eigenvalue weighted by Gasteiger charge is 2.41. The first kappa shape index (κ1) is 27.8. The van der Waals surface area contributed by atoms with E-state index in [1.807, 2.05) is 50.2 Å². The summed E-state index contributed by atoms with van der Waals surface area (Å²) in [4.78, 5) is 56.4. The summed E-state index contributed by atoms with van der Waals surface area (Å²) in [6.07, 6.45) is 0.344. The molecule has 6 rings (SSSR count). The topological polar surface area (TPSA) is 90.0 Å². The Morgan fingerprint density at radius 2 is 1.50 bits per heavy atom. The van der Waals surface area contributed by atoms with Gasteiger partial charge in [-0.1, -0.05) is 60.7 Å². The number of imide groups is 1. The highest BCUT2D eigenvalue weighted by Crippen LogP contribution is 2.34. The van der Waals surface area contributed by atoms with E-state index in [2.05, 4.69) is 34.5 Å². The number of benzene rings is 3. The van der Waals surface area contributed by atoms with Crippen molar-refractivity contribution in [1.29, 1.82) is 0 Å². The van der Waals surface area contributed by atoms with Gasteiger partial charge in [-0.25, -0.2) is 4.39 Å². The van der Waals surface area contributed by atoms with Crippen LogP contribution in [0.25, 0.3) is 0 Å². The number of nitrogens with zero attached hydrogens (tertiary/aromatic N) is 3. The van der Waals surface area contributed by atoms with Gasteiger partial charge in [0, 0.05) is 43.7 Å². The number of nitrogens with one attached hydrogen (secondary N) is 1. The van der Waals surface area contributed by atoms with Gasteiger partial charge in [0.25, 0.3) is 11.8 Å². The molecule has 1 N–H and O–H groups in total. The lowest BCUT2D eigenvalue weighted by atomic mass is 9.94. The summed E-state index contributed by atoms with van der Waals surface area (Å²) < 4.78 is 15.5. The summed E-state index contributed by atoms with van der Waals surface area (Å²) in [5, 5.41) is 2.27. The van der Waals surface area contributed by atoms with E-state index in [1.54, 1.807) is 4.90 Å². The van der Waals surface area contributed by atoms with Crippen LogP contribution in [-0.4, -0.2) is 69.5 Å². The third-order valence-electron chi connectivity index (χ3n) is 8.62. The Kier molecular flexibility index (Phi) is 7.36.